The molecule has 12 heteroatoms. The number of carbonyl (C=O) groups excluding carboxylic acids is 1. The number of carboxylic acid groups (broad SMARTS) is 2. The van der Waals surface area contributed by atoms with Gasteiger partial charge in [-0.25, -0.2) is 17.9 Å². The van der Waals surface area contributed by atoms with E-state index in [-0.39, 0.29) is 4.90 Å². The van der Waals surface area contributed by atoms with E-state index in [1.807, 2.05) is 19.0 Å². The van der Waals surface area contributed by atoms with Crippen molar-refractivity contribution >= 4 is 33.9 Å². The molecule has 0 fully saturated rings. The first kappa shape index (κ1) is 25.6. The van der Waals surface area contributed by atoms with Crippen molar-refractivity contribution in [2.24, 2.45) is 0 Å². The molecule has 31 heavy (non-hydrogen) atoms. The van der Waals surface area contributed by atoms with E-state index in [0.29, 0.717) is 5.56 Å². The number of rotatable bonds is 8. The second kappa shape index (κ2) is 11.6. The van der Waals surface area contributed by atoms with Crippen LogP contribution >= 0.6 is 0 Å². The van der Waals surface area contributed by atoms with Crippen LogP contribution in [0.3, 0.4) is 0 Å². The van der Waals surface area contributed by atoms with E-state index in [1.54, 1.807) is 30.3 Å². The molecule has 4 N–H and O–H groups in total. The zero-order valence-electron chi connectivity index (χ0n) is 16.8. The Morgan fingerprint density at radius 3 is 2.10 bits per heavy atom. The Bertz CT molecular complexity index is 1030. The van der Waals surface area contributed by atoms with Crippen molar-refractivity contribution in [1.82, 2.24) is 14.4 Å². The van der Waals surface area contributed by atoms with Crippen LogP contribution in [-0.2, 0) is 31.0 Å². The summed E-state index contributed by atoms with van der Waals surface area (Å²) in [7, 11) is 0.194. The third kappa shape index (κ3) is 8.82. The minimum absolute atomic E-state index is 0.184. The molecule has 1 heterocycles. The first-order valence-electron chi connectivity index (χ1n) is 8.68. The number of nitrogens with one attached hydrogen (secondary N) is 1. The van der Waals surface area contributed by atoms with Gasteiger partial charge in [0.25, 0.3) is 15.9 Å². The van der Waals surface area contributed by atoms with Crippen molar-refractivity contribution < 1.29 is 38.2 Å². The molecule has 1 aromatic carbocycles. The van der Waals surface area contributed by atoms with Gasteiger partial charge < -0.3 is 15.1 Å². The van der Waals surface area contributed by atoms with E-state index in [4.69, 9.17) is 15.4 Å². The molecule has 0 spiro atoms. The zero-order chi connectivity index (χ0) is 23.6. The number of hydrogen-bond acceptors (Lipinski definition) is 7. The van der Waals surface area contributed by atoms with Crippen LogP contribution in [0.2, 0.25) is 0 Å². The average Bonchev–Trinajstić information content (AvgIpc) is 3.15. The molecule has 0 unspecified atom stereocenters. The third-order valence-corrected chi connectivity index (χ3v) is 5.18. The molecule has 168 valence electrons. The number of aliphatic carboxylic acids is 2. The molecular weight excluding hydrogens is 430 g/mol. The first-order chi connectivity index (χ1) is 14.4. The third-order valence-electron chi connectivity index (χ3n) is 3.53. The van der Waals surface area contributed by atoms with Crippen LogP contribution in [0, 0.1) is 0 Å². The van der Waals surface area contributed by atoms with Gasteiger partial charge in [-0.05, 0) is 49.5 Å². The van der Waals surface area contributed by atoms with Crippen molar-refractivity contribution in [2.75, 3.05) is 14.1 Å². The maximum absolute atomic E-state index is 12.6. The Morgan fingerprint density at radius 1 is 1.06 bits per heavy atom. The molecule has 0 saturated carbocycles. The van der Waals surface area contributed by atoms with Crippen molar-refractivity contribution in [3.63, 3.8) is 0 Å². The Labute approximate surface area is 178 Å². The Kier molecular flexibility index (Phi) is 9.60. The molecule has 2 aromatic rings. The van der Waals surface area contributed by atoms with Gasteiger partial charge in [-0.2, -0.15) is 0 Å². The van der Waals surface area contributed by atoms with Crippen LogP contribution in [-0.4, -0.2) is 64.7 Å². The smallest absolute Gasteiger partial charge is 0.314 e. The molecule has 0 saturated heterocycles. The topological polar surface area (TPSA) is 166 Å². The van der Waals surface area contributed by atoms with E-state index >= 15 is 0 Å². The number of benzene rings is 1. The lowest BCUT2D eigenvalue weighted by molar-refractivity contribution is -0.147. The highest BCUT2D eigenvalue weighted by Crippen LogP contribution is 2.17. The van der Waals surface area contributed by atoms with Gasteiger partial charge >= 0.3 is 11.9 Å². The van der Waals surface area contributed by atoms with Crippen LogP contribution in [0.1, 0.15) is 17.5 Å². The molecule has 0 aliphatic rings. The summed E-state index contributed by atoms with van der Waals surface area (Å²) < 4.78 is 26.3. The number of carbonyl (C=O) groups is 3. The molecule has 0 atom stereocenters. The summed E-state index contributed by atoms with van der Waals surface area (Å²) in [5.41, 5.74) is 3.00. The lowest BCUT2D eigenvalue weighted by atomic mass is 10.2. The number of aromatic nitrogens is 1. The van der Waals surface area contributed by atoms with Crippen LogP contribution in [0.15, 0.2) is 53.7 Å². The van der Waals surface area contributed by atoms with Gasteiger partial charge in [-0.1, -0.05) is 12.1 Å². The molecule has 2 rings (SSSR count). The van der Waals surface area contributed by atoms with Gasteiger partial charge in [-0.15, -0.1) is 0 Å². The molecule has 1 amide bonds. The maximum atomic E-state index is 12.6. The van der Waals surface area contributed by atoms with E-state index in [1.165, 1.54) is 23.9 Å². The number of carboxylic acids is 2. The number of hydroxylamine groups is 1. The number of hydrogen-bond donors (Lipinski definition) is 4. The molecule has 11 nitrogen and oxygen atoms in total. The van der Waals surface area contributed by atoms with Crippen molar-refractivity contribution in [1.29, 1.82) is 0 Å². The molecule has 0 bridgehead atoms. The van der Waals surface area contributed by atoms with Crippen LogP contribution in [0.4, 0.5) is 0 Å². The second-order valence-electron chi connectivity index (χ2n) is 6.44. The summed E-state index contributed by atoms with van der Waals surface area (Å²) in [5.74, 6) is -3.32. The SMILES string of the molecule is CN(C)Cc1ccc(S(=O)(=O)n2ccc(C=CC(=O)NO)c2)cc1.O=C(O)CC(=O)O. The van der Waals surface area contributed by atoms with Gasteiger partial charge in [0, 0.05) is 25.0 Å². The fourth-order valence-electron chi connectivity index (χ4n) is 2.23. The largest absolute Gasteiger partial charge is 0.481 e. The molecule has 0 aliphatic heterocycles. The zero-order valence-corrected chi connectivity index (χ0v) is 17.6. The van der Waals surface area contributed by atoms with Crippen molar-refractivity contribution in [2.45, 2.75) is 17.9 Å². The fourth-order valence-corrected chi connectivity index (χ4v) is 3.44. The second-order valence-corrected chi connectivity index (χ2v) is 8.28. The Balaban J connectivity index is 0.000000592. The van der Waals surface area contributed by atoms with Gasteiger partial charge in [-0.3, -0.25) is 19.6 Å². The summed E-state index contributed by atoms with van der Waals surface area (Å²) in [6, 6.07) is 8.26. The van der Waals surface area contributed by atoms with Crippen LogP contribution < -0.4 is 5.48 Å². The first-order valence-corrected chi connectivity index (χ1v) is 10.1. The summed E-state index contributed by atoms with van der Waals surface area (Å²) >= 11 is 0. The Hall–Kier alpha value is -3.48. The minimum atomic E-state index is -3.69. The van der Waals surface area contributed by atoms with E-state index in [2.05, 4.69) is 0 Å². The highest BCUT2D eigenvalue weighted by Gasteiger charge is 2.16. The lowest BCUT2D eigenvalue weighted by Gasteiger charge is -2.10. The standard InChI is InChI=1S/C16H19N3O4S.C3H4O4/c1-18(2)11-13-3-6-15(7-4-13)24(22,23)19-10-9-14(12-19)5-8-16(20)17-21;4-2(5)1-3(6)7/h3-10,12,21H,11H2,1-2H3,(H,17,20);1H2,(H,4,5)(H,6,7). The molecule has 1 aromatic heterocycles. The van der Waals surface area contributed by atoms with E-state index in [0.717, 1.165) is 22.2 Å². The molecular formula is C19H23N3O8S. The quantitative estimate of drug-likeness (QED) is 0.196. The predicted molar refractivity (Wildman–Crippen MR) is 110 cm³/mol. The summed E-state index contributed by atoms with van der Waals surface area (Å²) in [6.07, 6.45) is 4.49. The van der Waals surface area contributed by atoms with E-state index < -0.39 is 34.3 Å². The predicted octanol–water partition coefficient (Wildman–Crippen LogP) is 0.851. The van der Waals surface area contributed by atoms with Gasteiger partial charge in [0.05, 0.1) is 4.90 Å². The Morgan fingerprint density at radius 2 is 1.65 bits per heavy atom. The van der Waals surface area contributed by atoms with E-state index in [9.17, 15) is 22.8 Å². The summed E-state index contributed by atoms with van der Waals surface area (Å²) in [6.45, 7) is 0.728. The monoisotopic (exact) mass is 453 g/mol. The summed E-state index contributed by atoms with van der Waals surface area (Å²) in [4.78, 5) is 32.0. The highest BCUT2D eigenvalue weighted by atomic mass is 32.2. The minimum Gasteiger partial charge on any atom is -0.481 e. The fraction of sp³-hybridized carbons (Fsp3) is 0.211. The van der Waals surface area contributed by atoms with Crippen LogP contribution in [0.5, 0.6) is 0 Å². The number of nitrogens with zero attached hydrogens (tertiary/aromatic N) is 2. The lowest BCUT2D eigenvalue weighted by Crippen LogP contribution is -2.14. The van der Waals surface area contributed by atoms with Gasteiger partial charge in [0.1, 0.15) is 6.42 Å². The van der Waals surface area contributed by atoms with Crippen LogP contribution in [0.25, 0.3) is 6.08 Å². The average molecular weight is 453 g/mol. The van der Waals surface area contributed by atoms with Crippen molar-refractivity contribution in [3.05, 3.63) is 59.9 Å². The van der Waals surface area contributed by atoms with Gasteiger partial charge in [0.2, 0.25) is 0 Å². The molecule has 0 aliphatic carbocycles. The van der Waals surface area contributed by atoms with Crippen molar-refractivity contribution in [3.8, 4) is 0 Å². The molecule has 0 radical (unpaired) electrons. The normalized spacial score (nSPS) is 11.1. The number of amides is 1. The van der Waals surface area contributed by atoms with Gasteiger partial charge in [0.15, 0.2) is 0 Å². The maximum Gasteiger partial charge on any atom is 0.314 e. The summed E-state index contributed by atoms with van der Waals surface area (Å²) in [5, 5.41) is 23.8. The highest BCUT2D eigenvalue weighted by molar-refractivity contribution is 7.90.